The molecule has 2 rings (SSSR count). The van der Waals surface area contributed by atoms with Gasteiger partial charge in [-0.25, -0.2) is 0 Å². The van der Waals surface area contributed by atoms with Crippen LogP contribution in [0.2, 0.25) is 0 Å². The Morgan fingerprint density at radius 3 is 2.35 bits per heavy atom. The summed E-state index contributed by atoms with van der Waals surface area (Å²) in [6.45, 7) is 3.98. The molecule has 2 amide bonds. The Morgan fingerprint density at radius 2 is 1.74 bits per heavy atom. The number of hydrogen-bond acceptors (Lipinski definition) is 2. The first-order valence-corrected chi connectivity index (χ1v) is 8.26. The highest BCUT2D eigenvalue weighted by Crippen LogP contribution is 2.15. The molecule has 0 radical (unpaired) electrons. The van der Waals surface area contributed by atoms with Gasteiger partial charge < -0.3 is 10.6 Å². The minimum atomic E-state index is -0.192. The molecular weight excluding hydrogens is 356 g/mol. The predicted octanol–water partition coefficient (Wildman–Crippen LogP) is 4.23. The smallest absolute Gasteiger partial charge is 0.255 e. The van der Waals surface area contributed by atoms with Crippen molar-refractivity contribution >= 4 is 33.4 Å². The second-order valence-corrected chi connectivity index (χ2v) is 6.24. The van der Waals surface area contributed by atoms with Crippen molar-refractivity contribution in [2.45, 2.75) is 26.3 Å². The molecule has 0 fully saturated rings. The van der Waals surface area contributed by atoms with Gasteiger partial charge in [-0.15, -0.1) is 0 Å². The zero-order chi connectivity index (χ0) is 16.8. The highest BCUT2D eigenvalue weighted by molar-refractivity contribution is 9.10. The average molecular weight is 375 g/mol. The molecule has 4 nitrogen and oxygen atoms in total. The van der Waals surface area contributed by atoms with Crippen LogP contribution in [0.4, 0.5) is 5.69 Å². The Labute approximate surface area is 144 Å². The summed E-state index contributed by atoms with van der Waals surface area (Å²) in [4.78, 5) is 24.2. The monoisotopic (exact) mass is 374 g/mol. The van der Waals surface area contributed by atoms with Crippen molar-refractivity contribution in [3.8, 4) is 0 Å². The Morgan fingerprint density at radius 1 is 1.04 bits per heavy atom. The van der Waals surface area contributed by atoms with Gasteiger partial charge in [0.05, 0.1) is 0 Å². The molecule has 0 spiro atoms. The molecule has 0 aromatic heterocycles. The molecule has 1 atom stereocenters. The Bertz CT molecular complexity index is 698. The number of anilines is 1. The minimum absolute atomic E-state index is 0.107. The molecule has 0 aliphatic rings. The van der Waals surface area contributed by atoms with Crippen molar-refractivity contribution in [1.82, 2.24) is 5.32 Å². The molecule has 23 heavy (non-hydrogen) atoms. The first kappa shape index (κ1) is 17.2. The lowest BCUT2D eigenvalue weighted by atomic mass is 10.1. The van der Waals surface area contributed by atoms with Gasteiger partial charge in [0.15, 0.2) is 0 Å². The maximum atomic E-state index is 12.2. The van der Waals surface area contributed by atoms with E-state index in [4.69, 9.17) is 0 Å². The summed E-state index contributed by atoms with van der Waals surface area (Å²) in [7, 11) is 0. The van der Waals surface area contributed by atoms with Crippen molar-refractivity contribution < 1.29 is 9.59 Å². The van der Waals surface area contributed by atoms with Gasteiger partial charge in [0.25, 0.3) is 11.8 Å². The Balaban J connectivity index is 2.02. The van der Waals surface area contributed by atoms with E-state index in [1.54, 1.807) is 42.5 Å². The van der Waals surface area contributed by atoms with E-state index in [-0.39, 0.29) is 17.9 Å². The van der Waals surface area contributed by atoms with Crippen LogP contribution in [0.25, 0.3) is 0 Å². The zero-order valence-corrected chi connectivity index (χ0v) is 14.7. The fraction of sp³-hybridized carbons (Fsp3) is 0.222. The van der Waals surface area contributed by atoms with Crippen LogP contribution < -0.4 is 10.6 Å². The summed E-state index contributed by atoms with van der Waals surface area (Å²) < 4.78 is 0.849. The molecule has 0 saturated carbocycles. The van der Waals surface area contributed by atoms with Gasteiger partial charge in [0.2, 0.25) is 0 Å². The lowest BCUT2D eigenvalue weighted by Crippen LogP contribution is -2.31. The normalized spacial score (nSPS) is 11.6. The molecule has 0 saturated heterocycles. The van der Waals surface area contributed by atoms with E-state index in [1.165, 1.54) is 0 Å². The molecule has 120 valence electrons. The van der Waals surface area contributed by atoms with Crippen LogP contribution in [-0.4, -0.2) is 17.9 Å². The van der Waals surface area contributed by atoms with E-state index in [0.29, 0.717) is 16.8 Å². The van der Waals surface area contributed by atoms with Gasteiger partial charge in [0, 0.05) is 27.3 Å². The van der Waals surface area contributed by atoms with Crippen molar-refractivity contribution in [3.63, 3.8) is 0 Å². The number of benzene rings is 2. The van der Waals surface area contributed by atoms with E-state index in [9.17, 15) is 9.59 Å². The van der Waals surface area contributed by atoms with E-state index in [0.717, 1.165) is 10.9 Å². The van der Waals surface area contributed by atoms with Crippen molar-refractivity contribution in [2.24, 2.45) is 0 Å². The van der Waals surface area contributed by atoms with Crippen LogP contribution >= 0.6 is 15.9 Å². The Hall–Kier alpha value is -2.14. The largest absolute Gasteiger partial charge is 0.350 e. The number of halogens is 1. The maximum absolute atomic E-state index is 12.2. The van der Waals surface area contributed by atoms with Crippen LogP contribution in [0, 0.1) is 0 Å². The number of rotatable bonds is 5. The quantitative estimate of drug-likeness (QED) is 0.822. The van der Waals surface area contributed by atoms with E-state index < -0.39 is 0 Å². The summed E-state index contributed by atoms with van der Waals surface area (Å²) in [5.74, 6) is -0.299. The molecule has 0 aliphatic carbocycles. The summed E-state index contributed by atoms with van der Waals surface area (Å²) >= 11 is 3.34. The van der Waals surface area contributed by atoms with Crippen LogP contribution in [-0.2, 0) is 0 Å². The van der Waals surface area contributed by atoms with Crippen LogP contribution in [0.3, 0.4) is 0 Å². The SMILES string of the molecule is CCC(C)NC(=O)c1ccc(NC(=O)c2cccc(Br)c2)cc1. The lowest BCUT2D eigenvalue weighted by Gasteiger charge is -2.12. The summed E-state index contributed by atoms with van der Waals surface area (Å²) in [6.07, 6.45) is 0.881. The fourth-order valence-corrected chi connectivity index (χ4v) is 2.35. The van der Waals surface area contributed by atoms with Gasteiger partial charge in [0.1, 0.15) is 0 Å². The van der Waals surface area contributed by atoms with E-state index in [2.05, 4.69) is 26.6 Å². The van der Waals surface area contributed by atoms with Gasteiger partial charge in [-0.2, -0.15) is 0 Å². The number of carbonyl (C=O) groups excluding carboxylic acids is 2. The highest BCUT2D eigenvalue weighted by Gasteiger charge is 2.10. The molecule has 1 unspecified atom stereocenters. The number of hydrogen-bond donors (Lipinski definition) is 2. The average Bonchev–Trinajstić information content (AvgIpc) is 2.55. The van der Waals surface area contributed by atoms with Crippen molar-refractivity contribution in [1.29, 1.82) is 0 Å². The second-order valence-electron chi connectivity index (χ2n) is 5.32. The van der Waals surface area contributed by atoms with Gasteiger partial charge in [-0.1, -0.05) is 28.9 Å². The third-order valence-corrected chi connectivity index (χ3v) is 3.97. The molecular formula is C18H19BrN2O2. The van der Waals surface area contributed by atoms with Gasteiger partial charge in [-0.3, -0.25) is 9.59 Å². The van der Waals surface area contributed by atoms with Crippen LogP contribution in [0.15, 0.2) is 53.0 Å². The van der Waals surface area contributed by atoms with Crippen LogP contribution in [0.5, 0.6) is 0 Å². The molecule has 5 heteroatoms. The fourth-order valence-electron chi connectivity index (χ4n) is 1.95. The standard InChI is InChI=1S/C18H19BrN2O2/c1-3-12(2)20-17(22)13-7-9-16(10-8-13)21-18(23)14-5-4-6-15(19)11-14/h4-12H,3H2,1-2H3,(H,20,22)(H,21,23). The molecule has 0 bridgehead atoms. The highest BCUT2D eigenvalue weighted by atomic mass is 79.9. The molecule has 2 aromatic rings. The summed E-state index contributed by atoms with van der Waals surface area (Å²) in [5.41, 5.74) is 1.79. The summed E-state index contributed by atoms with van der Waals surface area (Å²) in [5, 5.41) is 5.72. The first-order chi connectivity index (χ1) is 11.0. The number of nitrogens with one attached hydrogen (secondary N) is 2. The second kappa shape index (κ2) is 7.92. The van der Waals surface area contributed by atoms with Gasteiger partial charge in [-0.05, 0) is 55.8 Å². The Kier molecular flexibility index (Phi) is 5.93. The first-order valence-electron chi connectivity index (χ1n) is 7.47. The molecule has 2 aromatic carbocycles. The van der Waals surface area contributed by atoms with Crippen molar-refractivity contribution in [3.05, 3.63) is 64.1 Å². The molecule has 0 heterocycles. The third kappa shape index (κ3) is 4.93. The summed E-state index contributed by atoms with van der Waals surface area (Å²) in [6, 6.07) is 14.2. The number of carbonyl (C=O) groups is 2. The predicted molar refractivity (Wildman–Crippen MR) is 95.8 cm³/mol. The molecule has 0 aliphatic heterocycles. The zero-order valence-electron chi connectivity index (χ0n) is 13.1. The topological polar surface area (TPSA) is 58.2 Å². The lowest BCUT2D eigenvalue weighted by molar-refractivity contribution is 0.0938. The minimum Gasteiger partial charge on any atom is -0.350 e. The molecule has 2 N–H and O–H groups in total. The maximum Gasteiger partial charge on any atom is 0.255 e. The number of amides is 2. The van der Waals surface area contributed by atoms with Crippen molar-refractivity contribution in [2.75, 3.05) is 5.32 Å². The third-order valence-electron chi connectivity index (χ3n) is 3.48. The van der Waals surface area contributed by atoms with Gasteiger partial charge >= 0.3 is 0 Å². The van der Waals surface area contributed by atoms with E-state index in [1.807, 2.05) is 19.9 Å². The van der Waals surface area contributed by atoms with E-state index >= 15 is 0 Å². The van der Waals surface area contributed by atoms with Crippen LogP contribution in [0.1, 0.15) is 41.0 Å².